The third-order valence-electron chi connectivity index (χ3n) is 4.66. The Hall–Kier alpha value is -3.63. The average Bonchev–Trinajstić information content (AvgIpc) is 3.44. The van der Waals surface area contributed by atoms with E-state index >= 15 is 0 Å². The fourth-order valence-electron chi connectivity index (χ4n) is 3.11. The van der Waals surface area contributed by atoms with E-state index in [1.54, 1.807) is 19.1 Å². The lowest BCUT2D eigenvalue weighted by Crippen LogP contribution is -2.09. The van der Waals surface area contributed by atoms with Crippen LogP contribution in [0.4, 0.5) is 17.2 Å². The molecule has 0 spiro atoms. The topological polar surface area (TPSA) is 136 Å². The Morgan fingerprint density at radius 2 is 2.00 bits per heavy atom. The molecule has 0 atom stereocenters. The predicted molar refractivity (Wildman–Crippen MR) is 111 cm³/mol. The zero-order chi connectivity index (χ0) is 21.3. The molecule has 152 valence electrons. The van der Waals surface area contributed by atoms with Crippen molar-refractivity contribution in [3.8, 4) is 12.1 Å². The lowest BCUT2D eigenvalue weighted by molar-refractivity contribution is 0.594. The van der Waals surface area contributed by atoms with Crippen molar-refractivity contribution in [2.45, 2.75) is 37.1 Å². The molecule has 1 aromatic carbocycles. The maximum Gasteiger partial charge on any atom is 0.178 e. The van der Waals surface area contributed by atoms with Crippen LogP contribution in [0.25, 0.3) is 5.65 Å². The highest BCUT2D eigenvalue weighted by Gasteiger charge is 2.23. The molecule has 10 heteroatoms. The molecule has 4 rings (SSSR count). The first kappa shape index (κ1) is 19.7. The molecular formula is C20H19N7O2S. The van der Waals surface area contributed by atoms with Gasteiger partial charge in [-0.1, -0.05) is 6.92 Å². The molecule has 1 aliphatic rings. The lowest BCUT2D eigenvalue weighted by Gasteiger charge is -2.12. The van der Waals surface area contributed by atoms with E-state index in [1.807, 2.05) is 6.07 Å². The molecule has 1 fully saturated rings. The number of anilines is 3. The first-order valence-corrected chi connectivity index (χ1v) is 11.2. The number of benzene rings is 1. The summed E-state index contributed by atoms with van der Waals surface area (Å²) in [6.45, 7) is 1.79. The van der Waals surface area contributed by atoms with Crippen molar-refractivity contribution >= 4 is 32.7 Å². The smallest absolute Gasteiger partial charge is 0.178 e. The standard InChI is InChI=1S/C20H19N7O2S/c1-2-5-30(28,29)17-7-13(10-21)6-15(8-17)25-19-9-18(24-14-3-4-14)20-23-12-16(11-22)27(20)26-19/h6-9,12,14,24H,2-5H2,1H3,(H,25,26). The highest BCUT2D eigenvalue weighted by Crippen LogP contribution is 2.30. The molecule has 30 heavy (non-hydrogen) atoms. The molecule has 1 saturated carbocycles. The van der Waals surface area contributed by atoms with Crippen molar-refractivity contribution in [2.75, 3.05) is 16.4 Å². The van der Waals surface area contributed by atoms with Crippen molar-refractivity contribution in [3.63, 3.8) is 0 Å². The van der Waals surface area contributed by atoms with E-state index in [9.17, 15) is 18.9 Å². The third kappa shape index (κ3) is 3.91. The summed E-state index contributed by atoms with van der Waals surface area (Å²) >= 11 is 0. The number of hydrogen-bond donors (Lipinski definition) is 2. The molecular weight excluding hydrogens is 402 g/mol. The molecule has 0 bridgehead atoms. The number of nitrogens with zero attached hydrogens (tertiary/aromatic N) is 5. The molecule has 0 unspecified atom stereocenters. The number of nitriles is 2. The van der Waals surface area contributed by atoms with Crippen molar-refractivity contribution in [3.05, 3.63) is 41.7 Å². The fraction of sp³-hybridized carbons (Fsp3) is 0.300. The van der Waals surface area contributed by atoms with Crippen LogP contribution in [0.1, 0.15) is 37.4 Å². The summed E-state index contributed by atoms with van der Waals surface area (Å²) in [7, 11) is -3.49. The zero-order valence-corrected chi connectivity index (χ0v) is 17.1. The Balaban J connectivity index is 1.77. The Morgan fingerprint density at radius 1 is 1.20 bits per heavy atom. The van der Waals surface area contributed by atoms with Gasteiger partial charge in [0, 0.05) is 17.8 Å². The summed E-state index contributed by atoms with van der Waals surface area (Å²) in [4.78, 5) is 4.36. The number of fused-ring (bicyclic) bond motifs is 1. The second-order valence-electron chi connectivity index (χ2n) is 7.15. The van der Waals surface area contributed by atoms with E-state index in [4.69, 9.17) is 0 Å². The van der Waals surface area contributed by atoms with Crippen LogP contribution in [-0.2, 0) is 9.84 Å². The van der Waals surface area contributed by atoms with E-state index in [-0.39, 0.29) is 21.9 Å². The largest absolute Gasteiger partial charge is 0.379 e. The predicted octanol–water partition coefficient (Wildman–Crippen LogP) is 2.97. The molecule has 2 heterocycles. The maximum atomic E-state index is 12.5. The summed E-state index contributed by atoms with van der Waals surface area (Å²) in [5.41, 5.74) is 2.20. The fourth-order valence-corrected chi connectivity index (χ4v) is 4.50. The van der Waals surface area contributed by atoms with Crippen LogP contribution in [0.3, 0.4) is 0 Å². The maximum absolute atomic E-state index is 12.5. The van der Waals surface area contributed by atoms with E-state index < -0.39 is 9.84 Å². The van der Waals surface area contributed by atoms with Gasteiger partial charge in [-0.3, -0.25) is 0 Å². The van der Waals surface area contributed by atoms with Gasteiger partial charge in [-0.2, -0.15) is 15.0 Å². The first-order valence-electron chi connectivity index (χ1n) is 9.54. The number of sulfone groups is 1. The molecule has 9 nitrogen and oxygen atoms in total. The second-order valence-corrected chi connectivity index (χ2v) is 9.26. The Kier molecular flexibility index (Phi) is 5.02. The summed E-state index contributed by atoms with van der Waals surface area (Å²) in [5.74, 6) is 0.399. The SMILES string of the molecule is CCCS(=O)(=O)c1cc(C#N)cc(Nc2cc(NC3CC3)c3ncc(C#N)n3n2)c1. The molecule has 3 aromatic rings. The van der Waals surface area contributed by atoms with Crippen LogP contribution >= 0.6 is 0 Å². The van der Waals surface area contributed by atoms with E-state index in [0.29, 0.717) is 29.6 Å². The molecule has 0 amide bonds. The van der Waals surface area contributed by atoms with Crippen molar-refractivity contribution in [1.29, 1.82) is 10.5 Å². The van der Waals surface area contributed by atoms with Crippen molar-refractivity contribution in [1.82, 2.24) is 14.6 Å². The van der Waals surface area contributed by atoms with Gasteiger partial charge in [0.05, 0.1) is 34.2 Å². The molecule has 2 N–H and O–H groups in total. The van der Waals surface area contributed by atoms with Gasteiger partial charge in [-0.25, -0.2) is 13.4 Å². The Morgan fingerprint density at radius 3 is 2.67 bits per heavy atom. The van der Waals surface area contributed by atoms with E-state index in [0.717, 1.165) is 18.5 Å². The molecule has 1 aliphatic carbocycles. The first-order chi connectivity index (χ1) is 14.4. The average molecular weight is 421 g/mol. The second kappa shape index (κ2) is 7.65. The number of aromatic nitrogens is 3. The van der Waals surface area contributed by atoms with Crippen LogP contribution in [0.15, 0.2) is 35.4 Å². The van der Waals surface area contributed by atoms with E-state index in [1.165, 1.54) is 22.8 Å². The van der Waals surface area contributed by atoms with Gasteiger partial charge in [0.2, 0.25) is 0 Å². The Bertz CT molecular complexity index is 1310. The highest BCUT2D eigenvalue weighted by molar-refractivity contribution is 7.91. The number of imidazole rings is 1. The van der Waals surface area contributed by atoms with Crippen molar-refractivity contribution < 1.29 is 8.42 Å². The molecule has 0 saturated heterocycles. The van der Waals surface area contributed by atoms with Gasteiger partial charge in [0.25, 0.3) is 0 Å². The van der Waals surface area contributed by atoms with Gasteiger partial charge in [0.15, 0.2) is 27.0 Å². The van der Waals surface area contributed by atoms with E-state index in [2.05, 4.69) is 26.8 Å². The number of nitrogens with one attached hydrogen (secondary N) is 2. The van der Waals surface area contributed by atoms with Crippen LogP contribution in [0, 0.1) is 22.7 Å². The van der Waals surface area contributed by atoms with Crippen LogP contribution in [0.2, 0.25) is 0 Å². The quantitative estimate of drug-likeness (QED) is 0.594. The highest BCUT2D eigenvalue weighted by atomic mass is 32.2. The summed E-state index contributed by atoms with van der Waals surface area (Å²) in [6.07, 6.45) is 4.06. The van der Waals surface area contributed by atoms with Gasteiger partial charge in [-0.15, -0.1) is 5.10 Å². The van der Waals surface area contributed by atoms with Gasteiger partial charge in [0.1, 0.15) is 6.07 Å². The lowest BCUT2D eigenvalue weighted by atomic mass is 10.2. The monoisotopic (exact) mass is 421 g/mol. The third-order valence-corrected chi connectivity index (χ3v) is 6.56. The minimum Gasteiger partial charge on any atom is -0.379 e. The zero-order valence-electron chi connectivity index (χ0n) is 16.3. The minimum absolute atomic E-state index is 0.00154. The normalized spacial score (nSPS) is 13.6. The number of hydrogen-bond acceptors (Lipinski definition) is 8. The summed E-state index contributed by atoms with van der Waals surface area (Å²) < 4.78 is 26.4. The minimum atomic E-state index is -3.49. The van der Waals surface area contributed by atoms with Gasteiger partial charge >= 0.3 is 0 Å². The molecule has 0 aliphatic heterocycles. The van der Waals surface area contributed by atoms with Gasteiger partial charge < -0.3 is 10.6 Å². The van der Waals surface area contributed by atoms with Crippen LogP contribution in [-0.4, -0.2) is 34.8 Å². The summed E-state index contributed by atoms with van der Waals surface area (Å²) in [5, 5.41) is 29.5. The number of rotatable bonds is 7. The Labute approximate surface area is 173 Å². The van der Waals surface area contributed by atoms with Crippen LogP contribution in [0.5, 0.6) is 0 Å². The molecule has 2 aromatic heterocycles. The molecule has 0 radical (unpaired) electrons. The summed E-state index contributed by atoms with van der Waals surface area (Å²) in [6, 6.07) is 10.6. The van der Waals surface area contributed by atoms with Crippen molar-refractivity contribution in [2.24, 2.45) is 0 Å². The van der Waals surface area contributed by atoms with Gasteiger partial charge in [-0.05, 0) is 37.5 Å². The van der Waals surface area contributed by atoms with Crippen LogP contribution < -0.4 is 10.6 Å².